The summed E-state index contributed by atoms with van der Waals surface area (Å²) < 4.78 is 12.4. The summed E-state index contributed by atoms with van der Waals surface area (Å²) in [5.74, 6) is 2.54. The van der Waals surface area contributed by atoms with E-state index < -0.39 is 0 Å². The standard InChI is InChI=1S/C25H26N4O2/c1-2-23-27-21-7-8-22-25(24(21)28-23)31-17(15-30-22)14-29-11-9-16(10-12-29)19-13-26-20-6-4-3-5-18(19)20/h3-9,13,17,26H,2,10-12,14-15H2,1H3,(H,27,28). The van der Waals surface area contributed by atoms with Crippen molar-refractivity contribution >= 4 is 27.5 Å². The number of benzene rings is 2. The third-order valence-corrected chi connectivity index (χ3v) is 6.36. The summed E-state index contributed by atoms with van der Waals surface area (Å²) in [6, 6.07) is 12.5. The van der Waals surface area contributed by atoms with E-state index in [1.54, 1.807) is 0 Å². The maximum atomic E-state index is 6.39. The van der Waals surface area contributed by atoms with E-state index in [1.165, 1.54) is 22.0 Å². The molecule has 6 heteroatoms. The van der Waals surface area contributed by atoms with Gasteiger partial charge < -0.3 is 19.4 Å². The molecule has 0 spiro atoms. The fourth-order valence-electron chi connectivity index (χ4n) is 4.70. The lowest BCUT2D eigenvalue weighted by molar-refractivity contribution is 0.0630. The molecule has 2 aromatic carbocycles. The topological polar surface area (TPSA) is 66.2 Å². The molecule has 6 rings (SSSR count). The molecule has 4 aromatic rings. The van der Waals surface area contributed by atoms with E-state index in [0.29, 0.717) is 6.61 Å². The van der Waals surface area contributed by atoms with Crippen LogP contribution in [0.5, 0.6) is 11.5 Å². The van der Waals surface area contributed by atoms with Crippen LogP contribution in [0.25, 0.3) is 27.5 Å². The number of nitrogens with one attached hydrogen (secondary N) is 2. The van der Waals surface area contributed by atoms with E-state index in [0.717, 1.165) is 60.8 Å². The maximum Gasteiger partial charge on any atom is 0.189 e. The van der Waals surface area contributed by atoms with Gasteiger partial charge in [-0.25, -0.2) is 4.98 Å². The summed E-state index contributed by atoms with van der Waals surface area (Å²) in [6.07, 6.45) is 6.40. The minimum absolute atomic E-state index is 0.00270. The van der Waals surface area contributed by atoms with E-state index in [-0.39, 0.29) is 6.10 Å². The number of aromatic amines is 2. The SMILES string of the molecule is CCc1nc2c3c(ccc2[nH]1)OCC(CN1CC=C(c2c[nH]c4ccccc24)CC1)O3. The van der Waals surface area contributed by atoms with Crippen molar-refractivity contribution in [3.63, 3.8) is 0 Å². The fraction of sp³-hybridized carbons (Fsp3) is 0.320. The lowest BCUT2D eigenvalue weighted by Crippen LogP contribution is -2.42. The van der Waals surface area contributed by atoms with E-state index >= 15 is 0 Å². The second-order valence-corrected chi connectivity index (χ2v) is 8.36. The largest absolute Gasteiger partial charge is 0.486 e. The first-order valence-electron chi connectivity index (χ1n) is 11.1. The normalized spacial score (nSPS) is 19.1. The number of aromatic nitrogens is 3. The highest BCUT2D eigenvalue weighted by Crippen LogP contribution is 2.38. The van der Waals surface area contributed by atoms with E-state index in [4.69, 9.17) is 14.5 Å². The minimum Gasteiger partial charge on any atom is -0.486 e. The fourth-order valence-corrected chi connectivity index (χ4v) is 4.70. The Labute approximate surface area is 180 Å². The highest BCUT2D eigenvalue weighted by Gasteiger charge is 2.27. The van der Waals surface area contributed by atoms with Crippen molar-refractivity contribution in [2.45, 2.75) is 25.9 Å². The molecule has 0 aliphatic carbocycles. The molecule has 2 aromatic heterocycles. The Morgan fingerprint density at radius 3 is 2.97 bits per heavy atom. The van der Waals surface area contributed by atoms with Gasteiger partial charge >= 0.3 is 0 Å². The van der Waals surface area contributed by atoms with Crippen LogP contribution >= 0.6 is 0 Å². The van der Waals surface area contributed by atoms with E-state index in [1.807, 2.05) is 12.1 Å². The average Bonchev–Trinajstić information content (AvgIpc) is 3.44. The number of hydrogen-bond acceptors (Lipinski definition) is 4. The van der Waals surface area contributed by atoms with Gasteiger partial charge in [0.1, 0.15) is 24.1 Å². The van der Waals surface area contributed by atoms with Gasteiger partial charge in [-0.05, 0) is 30.2 Å². The van der Waals surface area contributed by atoms with Crippen molar-refractivity contribution in [3.05, 3.63) is 60.1 Å². The van der Waals surface area contributed by atoms with Gasteiger partial charge in [0, 0.05) is 48.7 Å². The predicted molar refractivity (Wildman–Crippen MR) is 123 cm³/mol. The van der Waals surface area contributed by atoms with Gasteiger partial charge in [0.25, 0.3) is 0 Å². The molecule has 2 aliphatic rings. The molecule has 0 bridgehead atoms. The van der Waals surface area contributed by atoms with Gasteiger partial charge in [-0.3, -0.25) is 4.90 Å². The predicted octanol–water partition coefficient (Wildman–Crippen LogP) is 4.54. The number of rotatable bonds is 4. The second kappa shape index (κ2) is 7.46. The highest BCUT2D eigenvalue weighted by molar-refractivity contribution is 5.92. The lowest BCUT2D eigenvalue weighted by Gasteiger charge is -2.32. The Morgan fingerprint density at radius 2 is 2.10 bits per heavy atom. The van der Waals surface area contributed by atoms with Crippen molar-refractivity contribution in [1.82, 2.24) is 19.9 Å². The van der Waals surface area contributed by atoms with Crippen LogP contribution in [0.15, 0.2) is 48.7 Å². The van der Waals surface area contributed by atoms with Crippen LogP contribution in [0, 0.1) is 0 Å². The number of nitrogens with zero attached hydrogens (tertiary/aromatic N) is 2. The molecular weight excluding hydrogens is 388 g/mol. The van der Waals surface area contributed by atoms with Crippen LogP contribution in [0.3, 0.4) is 0 Å². The van der Waals surface area contributed by atoms with Crippen molar-refractivity contribution < 1.29 is 9.47 Å². The summed E-state index contributed by atoms with van der Waals surface area (Å²) in [7, 11) is 0. The third-order valence-electron chi connectivity index (χ3n) is 6.36. The van der Waals surface area contributed by atoms with Crippen LogP contribution < -0.4 is 9.47 Å². The first-order valence-corrected chi connectivity index (χ1v) is 11.1. The summed E-state index contributed by atoms with van der Waals surface area (Å²) in [5, 5.41) is 1.30. The number of aryl methyl sites for hydroxylation is 1. The van der Waals surface area contributed by atoms with Gasteiger partial charge in [-0.2, -0.15) is 0 Å². The van der Waals surface area contributed by atoms with Gasteiger partial charge in [0.15, 0.2) is 11.5 Å². The van der Waals surface area contributed by atoms with Crippen molar-refractivity contribution in [1.29, 1.82) is 0 Å². The first kappa shape index (κ1) is 18.5. The molecule has 1 unspecified atom stereocenters. The average molecular weight is 415 g/mol. The Morgan fingerprint density at radius 1 is 1.16 bits per heavy atom. The van der Waals surface area contributed by atoms with E-state index in [2.05, 4.69) is 58.3 Å². The number of hydrogen-bond donors (Lipinski definition) is 2. The number of fused-ring (bicyclic) bond motifs is 4. The Hall–Kier alpha value is -3.25. The summed E-state index contributed by atoms with van der Waals surface area (Å²) in [4.78, 5) is 13.9. The number of H-pyrrole nitrogens is 2. The number of imidazole rings is 1. The van der Waals surface area contributed by atoms with Gasteiger partial charge in [0.2, 0.25) is 0 Å². The van der Waals surface area contributed by atoms with Gasteiger partial charge in [-0.15, -0.1) is 0 Å². The van der Waals surface area contributed by atoms with Crippen molar-refractivity contribution in [3.8, 4) is 11.5 Å². The van der Waals surface area contributed by atoms with Crippen molar-refractivity contribution in [2.75, 3.05) is 26.2 Å². The minimum atomic E-state index is 0.00270. The molecule has 0 amide bonds. The highest BCUT2D eigenvalue weighted by atomic mass is 16.6. The molecule has 0 saturated carbocycles. The number of para-hydroxylation sites is 1. The molecule has 0 saturated heterocycles. The summed E-state index contributed by atoms with van der Waals surface area (Å²) in [5.41, 5.74) is 5.82. The smallest absolute Gasteiger partial charge is 0.189 e. The zero-order valence-electron chi connectivity index (χ0n) is 17.6. The number of ether oxygens (including phenoxy) is 2. The first-order chi connectivity index (χ1) is 15.3. The molecule has 6 nitrogen and oxygen atoms in total. The lowest BCUT2D eigenvalue weighted by atomic mass is 9.99. The van der Waals surface area contributed by atoms with Crippen LogP contribution in [-0.4, -0.2) is 52.2 Å². The molecule has 158 valence electrons. The zero-order chi connectivity index (χ0) is 20.8. The second-order valence-electron chi connectivity index (χ2n) is 8.36. The van der Waals surface area contributed by atoms with E-state index in [9.17, 15) is 0 Å². The molecule has 0 radical (unpaired) electrons. The van der Waals surface area contributed by atoms with Gasteiger partial charge in [0.05, 0.1) is 5.52 Å². The molecule has 31 heavy (non-hydrogen) atoms. The molecule has 4 heterocycles. The summed E-state index contributed by atoms with van der Waals surface area (Å²) in [6.45, 7) is 5.45. The maximum absolute atomic E-state index is 6.39. The zero-order valence-corrected chi connectivity index (χ0v) is 17.6. The quantitative estimate of drug-likeness (QED) is 0.515. The monoisotopic (exact) mass is 414 g/mol. The van der Waals surface area contributed by atoms with Crippen LogP contribution in [0.2, 0.25) is 0 Å². The Bertz CT molecular complexity index is 1290. The van der Waals surface area contributed by atoms with Crippen LogP contribution in [0.4, 0.5) is 0 Å². The Kier molecular flexibility index (Phi) is 4.46. The molecular formula is C25H26N4O2. The molecule has 1 atom stereocenters. The van der Waals surface area contributed by atoms with Crippen LogP contribution in [0.1, 0.15) is 24.7 Å². The van der Waals surface area contributed by atoms with Gasteiger partial charge in [-0.1, -0.05) is 31.2 Å². The van der Waals surface area contributed by atoms with Crippen LogP contribution in [-0.2, 0) is 6.42 Å². The Balaban J connectivity index is 1.17. The molecule has 0 fully saturated rings. The molecule has 2 N–H and O–H groups in total. The summed E-state index contributed by atoms with van der Waals surface area (Å²) >= 11 is 0. The molecule has 2 aliphatic heterocycles. The van der Waals surface area contributed by atoms with Crippen molar-refractivity contribution in [2.24, 2.45) is 0 Å². The third kappa shape index (κ3) is 3.27.